The fourth-order valence-corrected chi connectivity index (χ4v) is 7.77. The number of guanidine groups is 1. The summed E-state index contributed by atoms with van der Waals surface area (Å²) in [6.07, 6.45) is 3.99. The van der Waals surface area contributed by atoms with Gasteiger partial charge in [0.15, 0.2) is 11.1 Å². The molecule has 1 fully saturated rings. The highest BCUT2D eigenvalue weighted by Gasteiger charge is 2.25. The minimum atomic E-state index is -4.10. The van der Waals surface area contributed by atoms with Crippen molar-refractivity contribution < 1.29 is 23.1 Å². The number of aliphatic carboxylic acids is 1. The number of carbonyl (C=O) groups is 2. The van der Waals surface area contributed by atoms with E-state index in [2.05, 4.69) is 35.1 Å². The van der Waals surface area contributed by atoms with Gasteiger partial charge in [-0.05, 0) is 54.6 Å². The number of amides is 1. The summed E-state index contributed by atoms with van der Waals surface area (Å²) >= 11 is 2.56. The Morgan fingerprint density at radius 1 is 1.04 bits per heavy atom. The Bertz CT molecular complexity index is 1840. The molecule has 1 amide bonds. The second kappa shape index (κ2) is 15.8. The van der Waals surface area contributed by atoms with Crippen LogP contribution < -0.4 is 36.6 Å². The predicted molar refractivity (Wildman–Crippen MR) is 188 cm³/mol. The number of nitrogens with two attached hydrogens (primary N) is 2. The van der Waals surface area contributed by atoms with Gasteiger partial charge in [-0.3, -0.25) is 19.5 Å². The van der Waals surface area contributed by atoms with Crippen molar-refractivity contribution in [1.82, 2.24) is 15.3 Å². The molecule has 0 saturated carbocycles. The number of thiazole rings is 1. The lowest BCUT2D eigenvalue weighted by Gasteiger charge is -2.35. The standard InChI is InChI=1S/C30H36N10O5S3/c31-29(32)34-9-2-5-25(28(42)43)37-27(41)26-24(8-16-46-26)38-48(44,45)23-4-1-3-20(17-23)35-18-21-19-47-30(36-21)40-14-12-39(13-15-40)22-6-10-33-11-7-22/h1,3-4,6-8,10-11,16-17,19,25,35,38H,2,5,9,12-15,18H2,(H,37,41)(H,42,43)(H4,31,32,34). The third-order valence-electron chi connectivity index (χ3n) is 7.40. The van der Waals surface area contributed by atoms with Crippen molar-refractivity contribution in [3.63, 3.8) is 0 Å². The molecule has 1 saturated heterocycles. The highest BCUT2D eigenvalue weighted by Crippen LogP contribution is 2.27. The van der Waals surface area contributed by atoms with Crippen LogP contribution in [0.25, 0.3) is 0 Å². The Morgan fingerprint density at radius 2 is 1.79 bits per heavy atom. The summed E-state index contributed by atoms with van der Waals surface area (Å²) < 4.78 is 29.1. The van der Waals surface area contributed by atoms with Gasteiger partial charge in [0.1, 0.15) is 10.9 Å². The molecular weight excluding hydrogens is 677 g/mol. The highest BCUT2D eigenvalue weighted by atomic mass is 32.2. The maximum absolute atomic E-state index is 13.3. The summed E-state index contributed by atoms with van der Waals surface area (Å²) in [6.45, 7) is 4.07. The monoisotopic (exact) mass is 712 g/mol. The number of pyridine rings is 1. The zero-order chi connectivity index (χ0) is 34.1. The quantitative estimate of drug-likeness (QED) is 0.0595. The molecule has 4 heterocycles. The summed E-state index contributed by atoms with van der Waals surface area (Å²) in [6, 6.07) is 10.6. The number of carboxylic acid groups (broad SMARTS) is 1. The first-order valence-electron chi connectivity index (χ1n) is 15.0. The van der Waals surface area contributed by atoms with E-state index in [9.17, 15) is 23.1 Å². The lowest BCUT2D eigenvalue weighted by Crippen LogP contribution is -2.46. The zero-order valence-electron chi connectivity index (χ0n) is 25.8. The number of nitrogens with one attached hydrogen (secondary N) is 3. The minimum absolute atomic E-state index is 0.0146. The number of nitrogens with zero attached hydrogens (tertiary/aromatic N) is 5. The van der Waals surface area contributed by atoms with Crippen molar-refractivity contribution >= 4 is 72.7 Å². The van der Waals surface area contributed by atoms with Crippen molar-refractivity contribution in [2.75, 3.05) is 52.6 Å². The number of piperazine rings is 1. The molecule has 1 atom stereocenters. The molecular formula is C30H36N10O5S3. The summed E-state index contributed by atoms with van der Waals surface area (Å²) in [5.41, 5.74) is 13.2. The average molecular weight is 713 g/mol. The summed E-state index contributed by atoms with van der Waals surface area (Å²) in [4.78, 5) is 42.0. The predicted octanol–water partition coefficient (Wildman–Crippen LogP) is 2.58. The number of anilines is 4. The van der Waals surface area contributed by atoms with Gasteiger partial charge in [0, 0.05) is 61.9 Å². The number of hydrogen-bond donors (Lipinski definition) is 6. The van der Waals surface area contributed by atoms with E-state index in [0.29, 0.717) is 18.7 Å². The molecule has 4 aromatic rings. The average Bonchev–Trinajstić information content (AvgIpc) is 3.75. The second-order valence-corrected chi connectivity index (χ2v) is 14.2. The maximum Gasteiger partial charge on any atom is 0.326 e. The SMILES string of the molecule is NC(N)=NCCCC(NC(=O)c1sccc1NS(=O)(=O)c1cccc(NCc2csc(N3CCN(c4ccncc4)CC3)n2)c1)C(=O)O. The highest BCUT2D eigenvalue weighted by molar-refractivity contribution is 7.92. The lowest BCUT2D eigenvalue weighted by atomic mass is 10.1. The van der Waals surface area contributed by atoms with Crippen molar-refractivity contribution in [2.24, 2.45) is 16.5 Å². The minimum Gasteiger partial charge on any atom is -0.480 e. The molecule has 8 N–H and O–H groups in total. The third-order valence-corrected chi connectivity index (χ3v) is 10.6. The third kappa shape index (κ3) is 9.11. The molecule has 0 radical (unpaired) electrons. The molecule has 1 aromatic carbocycles. The van der Waals surface area contributed by atoms with E-state index in [0.717, 1.165) is 54.0 Å². The van der Waals surface area contributed by atoms with Gasteiger partial charge in [-0.15, -0.1) is 22.7 Å². The summed E-state index contributed by atoms with van der Waals surface area (Å²) in [7, 11) is -4.10. The van der Waals surface area contributed by atoms with Crippen LogP contribution >= 0.6 is 22.7 Å². The van der Waals surface area contributed by atoms with Crippen molar-refractivity contribution in [2.45, 2.75) is 30.3 Å². The zero-order valence-corrected chi connectivity index (χ0v) is 28.2. The normalized spacial score (nSPS) is 13.8. The van der Waals surface area contributed by atoms with E-state index in [1.54, 1.807) is 41.2 Å². The molecule has 18 heteroatoms. The maximum atomic E-state index is 13.3. The van der Waals surface area contributed by atoms with Gasteiger partial charge in [-0.1, -0.05) is 6.07 Å². The number of sulfonamides is 1. The first-order valence-corrected chi connectivity index (χ1v) is 18.2. The topological polar surface area (TPSA) is 221 Å². The molecule has 1 aliphatic rings. The number of thiophene rings is 1. The van der Waals surface area contributed by atoms with Gasteiger partial charge in [-0.25, -0.2) is 18.2 Å². The van der Waals surface area contributed by atoms with Crippen LogP contribution in [0.15, 0.2) is 75.5 Å². The number of rotatable bonds is 15. The number of aliphatic imine (C=N–C) groups is 1. The van der Waals surface area contributed by atoms with Crippen molar-refractivity contribution in [3.8, 4) is 0 Å². The van der Waals surface area contributed by atoms with Crippen LogP contribution in [0, 0.1) is 0 Å². The van der Waals surface area contributed by atoms with Crippen LogP contribution in [0.3, 0.4) is 0 Å². The van der Waals surface area contributed by atoms with Gasteiger partial charge in [-0.2, -0.15) is 0 Å². The Balaban J connectivity index is 1.16. The fourth-order valence-electron chi connectivity index (χ4n) is 4.95. The molecule has 3 aromatic heterocycles. The Kier molecular flexibility index (Phi) is 11.3. The molecule has 1 aliphatic heterocycles. The summed E-state index contributed by atoms with van der Waals surface area (Å²) in [5, 5.41) is 19.7. The number of hydrogen-bond acceptors (Lipinski definition) is 12. The van der Waals surface area contributed by atoms with Gasteiger partial charge in [0.05, 0.1) is 22.8 Å². The van der Waals surface area contributed by atoms with Gasteiger partial charge in [0.25, 0.3) is 15.9 Å². The van der Waals surface area contributed by atoms with Crippen LogP contribution in [0.5, 0.6) is 0 Å². The van der Waals surface area contributed by atoms with Crippen molar-refractivity contribution in [1.29, 1.82) is 0 Å². The van der Waals surface area contributed by atoms with E-state index in [1.807, 2.05) is 17.5 Å². The molecule has 0 spiro atoms. The first kappa shape index (κ1) is 34.4. The second-order valence-electron chi connectivity index (χ2n) is 10.8. The smallest absolute Gasteiger partial charge is 0.326 e. The van der Waals surface area contributed by atoms with Gasteiger partial charge < -0.3 is 37.0 Å². The van der Waals surface area contributed by atoms with Crippen molar-refractivity contribution in [3.05, 3.63) is 76.2 Å². The van der Waals surface area contributed by atoms with Crippen LogP contribution in [-0.4, -0.2) is 80.1 Å². The van der Waals surface area contributed by atoms with Crippen LogP contribution in [0.1, 0.15) is 28.2 Å². The number of carboxylic acids is 1. The van der Waals surface area contributed by atoms with E-state index in [4.69, 9.17) is 16.5 Å². The number of aromatic nitrogens is 2. The number of benzene rings is 1. The molecule has 0 aliphatic carbocycles. The van der Waals surface area contributed by atoms with Gasteiger partial charge in [0.2, 0.25) is 0 Å². The Hall–Kier alpha value is -4.94. The van der Waals surface area contributed by atoms with E-state index < -0.39 is 27.9 Å². The largest absolute Gasteiger partial charge is 0.480 e. The first-order chi connectivity index (χ1) is 23.1. The van der Waals surface area contributed by atoms with Crippen LogP contribution in [-0.2, 0) is 21.4 Å². The molecule has 254 valence electrons. The van der Waals surface area contributed by atoms with E-state index >= 15 is 0 Å². The lowest BCUT2D eigenvalue weighted by molar-refractivity contribution is -0.139. The molecule has 48 heavy (non-hydrogen) atoms. The summed E-state index contributed by atoms with van der Waals surface area (Å²) in [5.74, 6) is -2.06. The molecule has 5 rings (SSSR count). The number of carbonyl (C=O) groups excluding carboxylic acids is 1. The fraction of sp³-hybridized carbons (Fsp3) is 0.300. The molecule has 15 nitrogen and oxygen atoms in total. The molecule has 0 bridgehead atoms. The molecule has 1 unspecified atom stereocenters. The Labute approximate surface area is 285 Å². The van der Waals surface area contributed by atoms with E-state index in [-0.39, 0.29) is 34.4 Å². The van der Waals surface area contributed by atoms with E-state index in [1.165, 1.54) is 18.2 Å². The Morgan fingerprint density at radius 3 is 2.52 bits per heavy atom. The van der Waals surface area contributed by atoms with Crippen LogP contribution in [0.4, 0.5) is 22.2 Å². The van der Waals surface area contributed by atoms with Crippen LogP contribution in [0.2, 0.25) is 0 Å². The van der Waals surface area contributed by atoms with Gasteiger partial charge >= 0.3 is 5.97 Å².